The maximum atomic E-state index is 12.5. The molecular formula is C18H21Cl2N3O4. The molecule has 3 rings (SSSR count). The molecule has 3 heterocycles. The zero-order chi connectivity index (χ0) is 19.8. The molecule has 0 aliphatic carbocycles. The van der Waals surface area contributed by atoms with Gasteiger partial charge in [-0.25, -0.2) is 14.6 Å². The molecule has 1 unspecified atom stereocenters. The predicted molar refractivity (Wildman–Crippen MR) is 101 cm³/mol. The van der Waals surface area contributed by atoms with Crippen molar-refractivity contribution >= 4 is 40.9 Å². The first-order chi connectivity index (χ1) is 12.6. The van der Waals surface area contributed by atoms with Crippen LogP contribution < -0.4 is 0 Å². The fourth-order valence-corrected chi connectivity index (χ4v) is 3.46. The number of nitrogens with zero attached hydrogens (tertiary/aromatic N) is 3. The molecule has 2 aromatic rings. The summed E-state index contributed by atoms with van der Waals surface area (Å²) in [5.74, 6) is -0.473. The third-order valence-electron chi connectivity index (χ3n) is 4.04. The lowest BCUT2D eigenvalue weighted by atomic mass is 10.2. The lowest BCUT2D eigenvalue weighted by Crippen LogP contribution is -2.44. The molecular weight excluding hydrogens is 393 g/mol. The van der Waals surface area contributed by atoms with Gasteiger partial charge in [0.1, 0.15) is 18.2 Å². The van der Waals surface area contributed by atoms with Crippen LogP contribution >= 0.6 is 23.2 Å². The topological polar surface area (TPSA) is 73.1 Å². The number of fused-ring (bicyclic) bond motifs is 1. The molecule has 1 atom stereocenters. The third kappa shape index (κ3) is 4.65. The van der Waals surface area contributed by atoms with Gasteiger partial charge in [-0.1, -0.05) is 23.2 Å². The van der Waals surface area contributed by atoms with Gasteiger partial charge in [0.15, 0.2) is 5.65 Å². The lowest BCUT2D eigenvalue weighted by Gasteiger charge is -2.27. The molecule has 146 valence electrons. The molecule has 0 spiro atoms. The van der Waals surface area contributed by atoms with Gasteiger partial charge >= 0.3 is 12.1 Å². The standard InChI is InChI=1S/C18H21Cl2N3O4/c1-18(2,3)27-17(25)23-6-4-5-14(23)16(24)26-10-12-9-22-8-11(19)7-13(20)15(22)21-12/h7-9,14H,4-6,10H2,1-3H3. The SMILES string of the molecule is CC(C)(C)OC(=O)N1CCCC1C(=O)OCc1cn2cc(Cl)cc(Cl)c2n1. The maximum Gasteiger partial charge on any atom is 0.411 e. The van der Waals surface area contributed by atoms with Crippen molar-refractivity contribution < 1.29 is 19.1 Å². The molecule has 1 amide bonds. The molecule has 0 aromatic carbocycles. The fourth-order valence-electron chi connectivity index (χ4n) is 2.94. The van der Waals surface area contributed by atoms with Gasteiger partial charge in [0.2, 0.25) is 0 Å². The number of pyridine rings is 1. The van der Waals surface area contributed by atoms with Crippen molar-refractivity contribution in [1.29, 1.82) is 0 Å². The normalized spacial score (nSPS) is 17.4. The Bertz CT molecular complexity index is 875. The number of hydrogen-bond donors (Lipinski definition) is 0. The number of likely N-dealkylation sites (tertiary alicyclic amines) is 1. The molecule has 0 saturated carbocycles. The molecule has 0 N–H and O–H groups in total. The Morgan fingerprint density at radius 3 is 2.74 bits per heavy atom. The zero-order valence-electron chi connectivity index (χ0n) is 15.4. The van der Waals surface area contributed by atoms with E-state index in [1.54, 1.807) is 43.6 Å². The Morgan fingerprint density at radius 1 is 1.30 bits per heavy atom. The number of aromatic nitrogens is 2. The van der Waals surface area contributed by atoms with Crippen molar-refractivity contribution in [3.63, 3.8) is 0 Å². The van der Waals surface area contributed by atoms with Crippen LogP contribution in [-0.2, 0) is 20.9 Å². The lowest BCUT2D eigenvalue weighted by molar-refractivity contribution is -0.150. The minimum atomic E-state index is -0.644. The van der Waals surface area contributed by atoms with E-state index in [2.05, 4.69) is 4.98 Å². The molecule has 0 bridgehead atoms. The Hall–Kier alpha value is -1.99. The molecule has 1 aliphatic heterocycles. The van der Waals surface area contributed by atoms with Gasteiger partial charge in [0.05, 0.1) is 15.7 Å². The average molecular weight is 414 g/mol. The summed E-state index contributed by atoms with van der Waals surface area (Å²) in [4.78, 5) is 30.5. The second kappa shape index (κ2) is 7.56. The Balaban J connectivity index is 1.65. The van der Waals surface area contributed by atoms with Crippen LogP contribution in [-0.4, -0.2) is 44.5 Å². The highest BCUT2D eigenvalue weighted by Gasteiger charge is 2.37. The number of rotatable bonds is 3. The first-order valence-electron chi connectivity index (χ1n) is 8.63. The van der Waals surface area contributed by atoms with Crippen molar-refractivity contribution in [3.05, 3.63) is 34.2 Å². The van der Waals surface area contributed by atoms with Crippen LogP contribution in [0.1, 0.15) is 39.3 Å². The van der Waals surface area contributed by atoms with E-state index in [9.17, 15) is 9.59 Å². The van der Waals surface area contributed by atoms with E-state index in [-0.39, 0.29) is 6.61 Å². The quantitative estimate of drug-likeness (QED) is 0.708. The van der Waals surface area contributed by atoms with E-state index >= 15 is 0 Å². The van der Waals surface area contributed by atoms with Crippen LogP contribution in [0.15, 0.2) is 18.5 Å². The first-order valence-corrected chi connectivity index (χ1v) is 9.38. The van der Waals surface area contributed by atoms with Crippen LogP contribution in [0.5, 0.6) is 0 Å². The van der Waals surface area contributed by atoms with Gasteiger partial charge in [-0.15, -0.1) is 0 Å². The van der Waals surface area contributed by atoms with Crippen molar-refractivity contribution in [2.45, 2.75) is 51.9 Å². The van der Waals surface area contributed by atoms with E-state index in [1.807, 2.05) is 0 Å². The Morgan fingerprint density at radius 2 is 2.04 bits per heavy atom. The first kappa shape index (κ1) is 19.8. The second-order valence-corrected chi connectivity index (χ2v) is 8.25. The van der Waals surface area contributed by atoms with E-state index < -0.39 is 23.7 Å². The van der Waals surface area contributed by atoms with Crippen LogP contribution in [0.25, 0.3) is 5.65 Å². The summed E-state index contributed by atoms with van der Waals surface area (Å²) < 4.78 is 12.4. The van der Waals surface area contributed by atoms with Crippen molar-refractivity contribution in [2.75, 3.05) is 6.54 Å². The van der Waals surface area contributed by atoms with Crippen LogP contribution in [0.4, 0.5) is 4.79 Å². The van der Waals surface area contributed by atoms with E-state index in [1.165, 1.54) is 4.90 Å². The van der Waals surface area contributed by atoms with Crippen molar-refractivity contribution in [1.82, 2.24) is 14.3 Å². The third-order valence-corrected chi connectivity index (χ3v) is 4.52. The number of esters is 1. The fraction of sp³-hybridized carbons (Fsp3) is 0.500. The number of carbonyl (C=O) groups excluding carboxylic acids is 2. The average Bonchev–Trinajstić information content (AvgIpc) is 3.17. The summed E-state index contributed by atoms with van der Waals surface area (Å²) in [6, 6.07) is 0.952. The minimum Gasteiger partial charge on any atom is -0.458 e. The summed E-state index contributed by atoms with van der Waals surface area (Å²) in [6.07, 6.45) is 4.13. The Kier molecular flexibility index (Phi) is 5.53. The van der Waals surface area contributed by atoms with Crippen LogP contribution in [0.3, 0.4) is 0 Å². The van der Waals surface area contributed by atoms with Gasteiger partial charge < -0.3 is 13.9 Å². The van der Waals surface area contributed by atoms with Crippen molar-refractivity contribution in [2.24, 2.45) is 0 Å². The summed E-state index contributed by atoms with van der Waals surface area (Å²) in [5, 5.41) is 0.888. The monoisotopic (exact) mass is 413 g/mol. The van der Waals surface area contributed by atoms with Gasteiger partial charge in [-0.3, -0.25) is 4.90 Å². The molecule has 1 saturated heterocycles. The number of hydrogen-bond acceptors (Lipinski definition) is 5. The zero-order valence-corrected chi connectivity index (χ0v) is 16.9. The summed E-state index contributed by atoms with van der Waals surface area (Å²) in [7, 11) is 0. The van der Waals surface area contributed by atoms with Crippen LogP contribution in [0, 0.1) is 0 Å². The molecule has 0 radical (unpaired) electrons. The van der Waals surface area contributed by atoms with Gasteiger partial charge in [-0.05, 0) is 39.7 Å². The Labute approximate surface area is 167 Å². The second-order valence-electron chi connectivity index (χ2n) is 7.41. The van der Waals surface area contributed by atoms with Crippen molar-refractivity contribution in [3.8, 4) is 0 Å². The smallest absolute Gasteiger partial charge is 0.411 e. The highest BCUT2D eigenvalue weighted by molar-refractivity contribution is 6.36. The number of carbonyl (C=O) groups is 2. The van der Waals surface area contributed by atoms with Gasteiger partial charge in [0.25, 0.3) is 0 Å². The molecule has 1 aliphatic rings. The molecule has 7 nitrogen and oxygen atoms in total. The molecule has 9 heteroatoms. The highest BCUT2D eigenvalue weighted by atomic mass is 35.5. The van der Waals surface area contributed by atoms with E-state index in [4.69, 9.17) is 32.7 Å². The predicted octanol–water partition coefficient (Wildman–Crippen LogP) is 4.08. The van der Waals surface area contributed by atoms with E-state index in [0.29, 0.717) is 34.4 Å². The molecule has 1 fully saturated rings. The van der Waals surface area contributed by atoms with Crippen LogP contribution in [0.2, 0.25) is 10.0 Å². The maximum absolute atomic E-state index is 12.5. The molecule has 27 heavy (non-hydrogen) atoms. The van der Waals surface area contributed by atoms with Gasteiger partial charge in [-0.2, -0.15) is 0 Å². The number of ether oxygens (including phenoxy) is 2. The number of imidazole rings is 1. The van der Waals surface area contributed by atoms with E-state index in [0.717, 1.165) is 6.42 Å². The number of halogens is 2. The highest BCUT2D eigenvalue weighted by Crippen LogP contribution is 2.24. The summed E-state index contributed by atoms with van der Waals surface area (Å²) in [5.41, 5.74) is 0.447. The largest absolute Gasteiger partial charge is 0.458 e. The minimum absolute atomic E-state index is 0.0207. The number of amides is 1. The molecule has 2 aromatic heterocycles. The summed E-state index contributed by atoms with van der Waals surface area (Å²) >= 11 is 12.1. The van der Waals surface area contributed by atoms with Gasteiger partial charge in [0, 0.05) is 18.9 Å². The summed E-state index contributed by atoms with van der Waals surface area (Å²) in [6.45, 7) is 5.81.